The summed E-state index contributed by atoms with van der Waals surface area (Å²) in [5.41, 5.74) is 3.94. The molecule has 0 bridgehead atoms. The van der Waals surface area contributed by atoms with Gasteiger partial charge in [-0.3, -0.25) is 9.88 Å². The monoisotopic (exact) mass is 334 g/mol. The number of pyridine rings is 1. The largest absolute Gasteiger partial charge is 0.350 e. The highest BCUT2D eigenvalue weighted by Crippen LogP contribution is 2.35. The summed E-state index contributed by atoms with van der Waals surface area (Å²) in [6, 6.07) is 15.4. The first kappa shape index (κ1) is 16.3. The van der Waals surface area contributed by atoms with Gasteiger partial charge in [-0.1, -0.05) is 24.3 Å². The number of aromatic nitrogens is 2. The van der Waals surface area contributed by atoms with Crippen molar-refractivity contribution in [2.45, 2.75) is 18.5 Å². The molecule has 0 N–H and O–H groups in total. The van der Waals surface area contributed by atoms with E-state index in [9.17, 15) is 0 Å². The van der Waals surface area contributed by atoms with E-state index >= 15 is 0 Å². The van der Waals surface area contributed by atoms with E-state index in [-0.39, 0.29) is 0 Å². The van der Waals surface area contributed by atoms with Crippen LogP contribution in [0.15, 0.2) is 54.9 Å². The molecule has 1 saturated heterocycles. The first-order valence-corrected chi connectivity index (χ1v) is 8.96. The third-order valence-electron chi connectivity index (χ3n) is 5.47. The Balaban J connectivity index is 1.65. The zero-order valence-corrected chi connectivity index (χ0v) is 15.3. The Labute approximate surface area is 149 Å². The van der Waals surface area contributed by atoms with Gasteiger partial charge < -0.3 is 9.47 Å². The van der Waals surface area contributed by atoms with Crippen molar-refractivity contribution in [3.05, 3.63) is 66.1 Å². The van der Waals surface area contributed by atoms with E-state index in [1.54, 1.807) is 0 Å². The zero-order valence-electron chi connectivity index (χ0n) is 15.3. The molecule has 3 heterocycles. The molecule has 4 heteroatoms. The maximum Gasteiger partial charge on any atom is 0.0543 e. The van der Waals surface area contributed by atoms with E-state index in [1.165, 1.54) is 16.5 Å². The van der Waals surface area contributed by atoms with Crippen LogP contribution in [0.2, 0.25) is 0 Å². The van der Waals surface area contributed by atoms with Crippen molar-refractivity contribution in [2.75, 3.05) is 27.2 Å². The van der Waals surface area contributed by atoms with Gasteiger partial charge in [-0.15, -0.1) is 0 Å². The topological polar surface area (TPSA) is 24.3 Å². The van der Waals surface area contributed by atoms with Gasteiger partial charge in [-0.05, 0) is 37.9 Å². The summed E-state index contributed by atoms with van der Waals surface area (Å²) in [6.07, 6.45) is 4.22. The highest BCUT2D eigenvalue weighted by Gasteiger charge is 2.36. The van der Waals surface area contributed by atoms with E-state index in [0.29, 0.717) is 12.0 Å². The number of rotatable bonds is 4. The van der Waals surface area contributed by atoms with Crippen LogP contribution in [0.5, 0.6) is 0 Å². The van der Waals surface area contributed by atoms with Crippen LogP contribution in [0.1, 0.15) is 17.2 Å². The second-order valence-corrected chi connectivity index (χ2v) is 7.37. The standard InChI is InChI=1S/C21H26N4/c1-23(2)21-15-25(12-16-8-6-7-11-22-16)14-19(21)18-13-24(3)20-10-5-4-9-17(18)20/h4-11,13,19,21H,12,14-15H2,1-3H3/t19-,21+/m0/s1. The van der Waals surface area contributed by atoms with Crippen molar-refractivity contribution in [1.29, 1.82) is 0 Å². The van der Waals surface area contributed by atoms with E-state index in [0.717, 1.165) is 25.3 Å². The van der Waals surface area contributed by atoms with Gasteiger partial charge in [-0.25, -0.2) is 0 Å². The summed E-state index contributed by atoms with van der Waals surface area (Å²) in [7, 11) is 6.55. The molecule has 0 saturated carbocycles. The maximum absolute atomic E-state index is 4.50. The normalized spacial score (nSPS) is 21.4. The van der Waals surface area contributed by atoms with Crippen LogP contribution in [0.3, 0.4) is 0 Å². The van der Waals surface area contributed by atoms with E-state index in [1.807, 2.05) is 12.3 Å². The molecule has 0 unspecified atom stereocenters. The highest BCUT2D eigenvalue weighted by molar-refractivity contribution is 5.84. The van der Waals surface area contributed by atoms with Crippen LogP contribution in [0.25, 0.3) is 10.9 Å². The molecule has 0 amide bonds. The zero-order chi connectivity index (χ0) is 17.4. The fourth-order valence-electron chi connectivity index (χ4n) is 4.21. The number of benzene rings is 1. The molecule has 25 heavy (non-hydrogen) atoms. The van der Waals surface area contributed by atoms with Crippen LogP contribution in [-0.2, 0) is 13.6 Å². The lowest BCUT2D eigenvalue weighted by Gasteiger charge is -2.25. The molecule has 0 radical (unpaired) electrons. The number of likely N-dealkylation sites (tertiary alicyclic amines) is 1. The minimum absolute atomic E-state index is 0.518. The molecule has 1 fully saturated rings. The lowest BCUT2D eigenvalue weighted by Crippen LogP contribution is -2.34. The Morgan fingerprint density at radius 2 is 1.88 bits per heavy atom. The summed E-state index contributed by atoms with van der Waals surface area (Å²) >= 11 is 0. The van der Waals surface area contributed by atoms with Gasteiger partial charge in [0, 0.05) is 61.9 Å². The maximum atomic E-state index is 4.50. The average molecular weight is 334 g/mol. The van der Waals surface area contributed by atoms with Crippen molar-refractivity contribution < 1.29 is 0 Å². The Morgan fingerprint density at radius 1 is 1.08 bits per heavy atom. The van der Waals surface area contributed by atoms with Crippen LogP contribution < -0.4 is 0 Å². The lowest BCUT2D eigenvalue weighted by atomic mass is 9.93. The lowest BCUT2D eigenvalue weighted by molar-refractivity contribution is 0.258. The molecule has 130 valence electrons. The molecule has 3 aromatic rings. The molecule has 1 aliphatic rings. The summed E-state index contributed by atoms with van der Waals surface area (Å²) in [5.74, 6) is 0.518. The van der Waals surface area contributed by atoms with Gasteiger partial charge in [0.05, 0.1) is 5.69 Å². The first-order chi connectivity index (χ1) is 12.1. The van der Waals surface area contributed by atoms with Gasteiger partial charge in [0.25, 0.3) is 0 Å². The number of hydrogen-bond acceptors (Lipinski definition) is 3. The number of para-hydroxylation sites is 1. The Bertz CT molecular complexity index is 853. The van der Waals surface area contributed by atoms with Crippen molar-refractivity contribution >= 4 is 10.9 Å². The summed E-state index contributed by atoms with van der Waals surface area (Å²) in [5, 5.41) is 1.39. The molecule has 2 aromatic heterocycles. The van der Waals surface area contributed by atoms with Crippen molar-refractivity contribution in [1.82, 2.24) is 19.4 Å². The minimum Gasteiger partial charge on any atom is -0.350 e. The second-order valence-electron chi connectivity index (χ2n) is 7.37. The predicted molar refractivity (Wildman–Crippen MR) is 103 cm³/mol. The van der Waals surface area contributed by atoms with Crippen LogP contribution in [0, 0.1) is 0 Å². The second kappa shape index (κ2) is 6.62. The van der Waals surface area contributed by atoms with Crippen LogP contribution >= 0.6 is 0 Å². The third-order valence-corrected chi connectivity index (χ3v) is 5.47. The number of likely N-dealkylation sites (N-methyl/N-ethyl adjacent to an activating group) is 1. The van der Waals surface area contributed by atoms with Crippen LogP contribution in [-0.4, -0.2) is 52.6 Å². The Hall–Kier alpha value is -2.17. The van der Waals surface area contributed by atoms with Crippen molar-refractivity contribution in [3.8, 4) is 0 Å². The Morgan fingerprint density at radius 3 is 2.64 bits per heavy atom. The molecule has 0 aliphatic carbocycles. The van der Waals surface area contributed by atoms with Gasteiger partial charge in [0.1, 0.15) is 0 Å². The third kappa shape index (κ3) is 3.08. The van der Waals surface area contributed by atoms with Gasteiger partial charge in [0.2, 0.25) is 0 Å². The van der Waals surface area contributed by atoms with E-state index in [2.05, 4.69) is 83.1 Å². The highest BCUT2D eigenvalue weighted by atomic mass is 15.2. The Kier molecular flexibility index (Phi) is 4.32. The molecule has 1 aromatic carbocycles. The van der Waals surface area contributed by atoms with Gasteiger partial charge in [-0.2, -0.15) is 0 Å². The fourth-order valence-corrected chi connectivity index (χ4v) is 4.21. The number of hydrogen-bond donors (Lipinski definition) is 0. The van der Waals surface area contributed by atoms with E-state index in [4.69, 9.17) is 0 Å². The summed E-state index contributed by atoms with van der Waals surface area (Å²) < 4.78 is 2.26. The van der Waals surface area contributed by atoms with Gasteiger partial charge in [0.15, 0.2) is 0 Å². The average Bonchev–Trinajstić information content (AvgIpc) is 3.18. The van der Waals surface area contributed by atoms with Crippen LogP contribution in [0.4, 0.5) is 0 Å². The molecule has 4 rings (SSSR count). The molecular weight excluding hydrogens is 308 g/mol. The molecule has 0 spiro atoms. The van der Waals surface area contributed by atoms with E-state index < -0.39 is 0 Å². The van der Waals surface area contributed by atoms with Crippen molar-refractivity contribution in [2.24, 2.45) is 7.05 Å². The predicted octanol–water partition coefficient (Wildman–Crippen LogP) is 3.10. The quantitative estimate of drug-likeness (QED) is 0.733. The SMILES string of the molecule is CN(C)[C@@H]1CN(Cc2ccccn2)C[C@H]1c1cn(C)c2ccccc12. The number of aryl methyl sites for hydroxylation is 1. The smallest absolute Gasteiger partial charge is 0.0543 e. The number of fused-ring (bicyclic) bond motifs is 1. The minimum atomic E-state index is 0.518. The molecule has 4 nitrogen and oxygen atoms in total. The molecule has 2 atom stereocenters. The van der Waals surface area contributed by atoms with Gasteiger partial charge >= 0.3 is 0 Å². The molecule has 1 aliphatic heterocycles. The summed E-state index contributed by atoms with van der Waals surface area (Å²) in [4.78, 5) is 9.43. The molecular formula is C21H26N4. The first-order valence-electron chi connectivity index (χ1n) is 8.96. The van der Waals surface area contributed by atoms with Crippen molar-refractivity contribution in [3.63, 3.8) is 0 Å². The summed E-state index contributed by atoms with van der Waals surface area (Å²) in [6.45, 7) is 3.08. The fraction of sp³-hybridized carbons (Fsp3) is 0.381. The number of nitrogens with zero attached hydrogens (tertiary/aromatic N) is 4.